The van der Waals surface area contributed by atoms with E-state index in [0.717, 1.165) is 38.2 Å². The fourth-order valence-electron chi connectivity index (χ4n) is 4.10. The second kappa shape index (κ2) is 12.0. The molecule has 0 atom stereocenters. The highest BCUT2D eigenvalue weighted by atomic mass is 32.2. The highest BCUT2D eigenvalue weighted by Gasteiger charge is 2.18. The third-order valence-electron chi connectivity index (χ3n) is 5.86. The first-order valence-electron chi connectivity index (χ1n) is 11.6. The molecule has 0 unspecified atom stereocenters. The molecule has 10 heteroatoms. The molecule has 0 bridgehead atoms. The number of nitrogens with one attached hydrogen (secondary N) is 1. The van der Waals surface area contributed by atoms with E-state index in [4.69, 9.17) is 9.66 Å². The molecule has 34 heavy (non-hydrogen) atoms. The Bertz CT molecular complexity index is 1170. The molecule has 1 saturated heterocycles. The minimum absolute atomic E-state index is 0.0445. The lowest BCUT2D eigenvalue weighted by atomic mass is 10.0. The van der Waals surface area contributed by atoms with Gasteiger partial charge in [-0.1, -0.05) is 37.3 Å². The van der Waals surface area contributed by atoms with Gasteiger partial charge in [-0.3, -0.25) is 9.78 Å². The zero-order chi connectivity index (χ0) is 24.6. The van der Waals surface area contributed by atoms with Gasteiger partial charge in [-0.25, -0.2) is 13.6 Å². The molecule has 0 spiro atoms. The van der Waals surface area contributed by atoms with E-state index in [9.17, 15) is 13.2 Å². The molecule has 3 aromatic rings. The van der Waals surface area contributed by atoms with E-state index in [1.54, 1.807) is 43.1 Å². The third-order valence-corrected chi connectivity index (χ3v) is 6.81. The number of sulfonamides is 1. The lowest BCUT2D eigenvalue weighted by molar-refractivity contribution is -0.118. The van der Waals surface area contributed by atoms with Crippen LogP contribution >= 0.6 is 0 Å². The molecule has 184 valence electrons. The van der Waals surface area contributed by atoms with E-state index in [2.05, 4.69) is 15.5 Å². The SMILES string of the molecule is C1CCCC1.Cc1noc(C)c1-c1cc(S(N)(=O)=O)c2cccnc2c1.O=CN1CCNCC1. The van der Waals surface area contributed by atoms with E-state index in [0.29, 0.717) is 27.9 Å². The number of aromatic nitrogens is 2. The highest BCUT2D eigenvalue weighted by Crippen LogP contribution is 2.32. The van der Waals surface area contributed by atoms with Crippen molar-refractivity contribution < 1.29 is 17.7 Å². The van der Waals surface area contributed by atoms with Gasteiger partial charge in [0.25, 0.3) is 0 Å². The molecule has 2 aliphatic rings. The summed E-state index contributed by atoms with van der Waals surface area (Å²) in [5.74, 6) is 0.614. The second-order valence-corrected chi connectivity index (χ2v) is 9.98. The second-order valence-electron chi connectivity index (χ2n) is 8.45. The van der Waals surface area contributed by atoms with Crippen molar-refractivity contribution in [3.05, 3.63) is 41.9 Å². The molecular weight excluding hydrogens is 454 g/mol. The fraction of sp³-hybridized carbons (Fsp3) is 0.458. The summed E-state index contributed by atoms with van der Waals surface area (Å²) < 4.78 is 28.8. The van der Waals surface area contributed by atoms with E-state index in [1.807, 2.05) is 0 Å². The van der Waals surface area contributed by atoms with Crippen LogP contribution in [0.1, 0.15) is 43.6 Å². The maximum atomic E-state index is 11.8. The summed E-state index contributed by atoms with van der Waals surface area (Å²) in [6.07, 6.45) is 10.0. The van der Waals surface area contributed by atoms with Crippen molar-refractivity contribution in [1.29, 1.82) is 0 Å². The first-order valence-corrected chi connectivity index (χ1v) is 13.1. The van der Waals surface area contributed by atoms with Crippen LogP contribution in [0.3, 0.4) is 0 Å². The largest absolute Gasteiger partial charge is 0.361 e. The van der Waals surface area contributed by atoms with Gasteiger partial charge in [-0.05, 0) is 43.7 Å². The normalized spacial score (nSPS) is 15.8. The molecule has 1 amide bonds. The molecular formula is C24H33N5O4S. The van der Waals surface area contributed by atoms with Crippen LogP contribution in [0.25, 0.3) is 22.0 Å². The van der Waals surface area contributed by atoms with Crippen LogP contribution in [0.5, 0.6) is 0 Å². The number of pyridine rings is 1. The summed E-state index contributed by atoms with van der Waals surface area (Å²) in [7, 11) is -3.86. The predicted octanol–water partition coefficient (Wildman–Crippen LogP) is 3.15. The number of benzene rings is 1. The summed E-state index contributed by atoms with van der Waals surface area (Å²) in [4.78, 5) is 16.1. The number of fused-ring (bicyclic) bond motifs is 1. The van der Waals surface area contributed by atoms with Gasteiger partial charge in [0.15, 0.2) is 0 Å². The van der Waals surface area contributed by atoms with Gasteiger partial charge in [-0.15, -0.1) is 0 Å². The summed E-state index contributed by atoms with van der Waals surface area (Å²) in [6.45, 7) is 7.18. The Labute approximate surface area is 200 Å². The summed E-state index contributed by atoms with van der Waals surface area (Å²) >= 11 is 0. The number of amides is 1. The lowest BCUT2D eigenvalue weighted by Crippen LogP contribution is -2.42. The van der Waals surface area contributed by atoms with E-state index in [1.165, 1.54) is 38.2 Å². The number of rotatable bonds is 3. The molecule has 2 fully saturated rings. The Balaban J connectivity index is 0.000000202. The van der Waals surface area contributed by atoms with E-state index >= 15 is 0 Å². The number of nitrogens with zero attached hydrogens (tertiary/aromatic N) is 3. The molecule has 1 aliphatic heterocycles. The number of hydrogen-bond acceptors (Lipinski definition) is 7. The van der Waals surface area contributed by atoms with Crippen LogP contribution in [0, 0.1) is 13.8 Å². The van der Waals surface area contributed by atoms with Gasteiger partial charge in [0.2, 0.25) is 16.4 Å². The van der Waals surface area contributed by atoms with Crippen molar-refractivity contribution >= 4 is 27.3 Å². The third kappa shape index (κ3) is 6.85. The molecule has 1 aromatic carbocycles. The Morgan fingerprint density at radius 1 is 1.09 bits per heavy atom. The fourth-order valence-corrected chi connectivity index (χ4v) is 4.87. The quantitative estimate of drug-likeness (QED) is 0.543. The van der Waals surface area contributed by atoms with Crippen molar-refractivity contribution in [3.8, 4) is 11.1 Å². The molecule has 3 N–H and O–H groups in total. The molecule has 1 saturated carbocycles. The molecule has 3 heterocycles. The summed E-state index contributed by atoms with van der Waals surface area (Å²) in [5.41, 5.74) is 2.66. The topological polar surface area (TPSA) is 131 Å². The van der Waals surface area contributed by atoms with Gasteiger partial charge in [0, 0.05) is 43.3 Å². The smallest absolute Gasteiger partial charge is 0.238 e. The van der Waals surface area contributed by atoms with Crippen LogP contribution in [0.15, 0.2) is 39.9 Å². The Hall–Kier alpha value is -2.82. The number of hydrogen-bond donors (Lipinski definition) is 2. The Morgan fingerprint density at radius 2 is 1.74 bits per heavy atom. The minimum atomic E-state index is -3.86. The van der Waals surface area contributed by atoms with Gasteiger partial charge in [0.1, 0.15) is 5.76 Å². The van der Waals surface area contributed by atoms with Crippen molar-refractivity contribution in [2.24, 2.45) is 5.14 Å². The zero-order valence-corrected chi connectivity index (χ0v) is 20.6. The number of aryl methyl sites for hydroxylation is 2. The zero-order valence-electron chi connectivity index (χ0n) is 19.8. The van der Waals surface area contributed by atoms with Gasteiger partial charge >= 0.3 is 0 Å². The van der Waals surface area contributed by atoms with E-state index < -0.39 is 10.0 Å². The number of piperazine rings is 1. The number of carbonyl (C=O) groups excluding carboxylic acids is 1. The van der Waals surface area contributed by atoms with Crippen molar-refractivity contribution in [3.63, 3.8) is 0 Å². The highest BCUT2D eigenvalue weighted by molar-refractivity contribution is 7.89. The number of nitrogens with two attached hydrogens (primary N) is 1. The molecule has 2 aromatic heterocycles. The maximum absolute atomic E-state index is 11.8. The van der Waals surface area contributed by atoms with Crippen LogP contribution in [0.2, 0.25) is 0 Å². The van der Waals surface area contributed by atoms with Crippen LogP contribution in [0.4, 0.5) is 0 Å². The average molecular weight is 488 g/mol. The van der Waals surface area contributed by atoms with Crippen molar-refractivity contribution in [2.75, 3.05) is 26.2 Å². The van der Waals surface area contributed by atoms with Crippen LogP contribution < -0.4 is 10.5 Å². The Morgan fingerprint density at radius 3 is 2.24 bits per heavy atom. The van der Waals surface area contributed by atoms with Crippen LogP contribution in [-0.4, -0.2) is 56.0 Å². The average Bonchev–Trinajstić information content (AvgIpc) is 3.52. The molecule has 1 aliphatic carbocycles. The maximum Gasteiger partial charge on any atom is 0.238 e. The molecule has 5 rings (SSSR count). The van der Waals surface area contributed by atoms with Gasteiger partial charge in [-0.2, -0.15) is 0 Å². The minimum Gasteiger partial charge on any atom is -0.361 e. The number of carbonyl (C=O) groups is 1. The van der Waals surface area contributed by atoms with Gasteiger partial charge in [0.05, 0.1) is 16.1 Å². The summed E-state index contributed by atoms with van der Waals surface area (Å²) in [5, 5.41) is 12.9. The van der Waals surface area contributed by atoms with Crippen LogP contribution in [-0.2, 0) is 14.8 Å². The Kier molecular flexibility index (Phi) is 9.14. The lowest BCUT2D eigenvalue weighted by Gasteiger charge is -2.22. The first-order chi connectivity index (χ1) is 16.3. The monoisotopic (exact) mass is 487 g/mol. The number of primary sulfonamides is 1. The van der Waals surface area contributed by atoms with Crippen molar-refractivity contribution in [2.45, 2.75) is 50.8 Å². The summed E-state index contributed by atoms with van der Waals surface area (Å²) in [6, 6.07) is 6.69. The van der Waals surface area contributed by atoms with E-state index in [-0.39, 0.29) is 4.90 Å². The first kappa shape index (κ1) is 25.8. The van der Waals surface area contributed by atoms with Crippen molar-refractivity contribution in [1.82, 2.24) is 20.4 Å². The predicted molar refractivity (Wildman–Crippen MR) is 132 cm³/mol. The molecule has 9 nitrogen and oxygen atoms in total. The van der Waals surface area contributed by atoms with Gasteiger partial charge < -0.3 is 14.7 Å². The standard InChI is InChI=1S/C14H13N3O3S.C5H10N2O.C5H10/c1-8-14(9(2)20-17-8)10-6-12-11(4-3-5-16-12)13(7-10)21(15,18)19;8-5-7-3-1-6-2-4-7;1-2-4-5-3-1/h3-7H,1-2H3,(H2,15,18,19);5-6H,1-4H2;1-5H2. The molecule has 0 radical (unpaired) electrons.